The number of hydrogen-bond acceptors (Lipinski definition) is 3. The number of nitrogen functional groups attached to an aromatic ring is 1. The van der Waals surface area contributed by atoms with Crippen LogP contribution < -0.4 is 11.1 Å². The molecule has 0 aliphatic carbocycles. The predicted octanol–water partition coefficient (Wildman–Crippen LogP) is 2.64. The van der Waals surface area contributed by atoms with Crippen LogP contribution in [0.15, 0.2) is 24.3 Å². The minimum atomic E-state index is 0.0823. The highest BCUT2D eigenvalue weighted by molar-refractivity contribution is 5.78. The van der Waals surface area contributed by atoms with E-state index in [-0.39, 0.29) is 5.91 Å². The van der Waals surface area contributed by atoms with E-state index >= 15 is 0 Å². The molecule has 0 aliphatic heterocycles. The molecular weight excluding hydrogens is 262 g/mol. The lowest BCUT2D eigenvalue weighted by atomic mass is 10.1. The third-order valence-electron chi connectivity index (χ3n) is 3.55. The number of rotatable bonds is 8. The second-order valence-electron chi connectivity index (χ2n) is 6.23. The molecule has 0 atom stereocenters. The zero-order valence-electron chi connectivity index (χ0n) is 13.7. The lowest BCUT2D eigenvalue weighted by Gasteiger charge is -2.26. The molecule has 1 aromatic rings. The maximum atomic E-state index is 12.0. The molecule has 1 rings (SSSR count). The zero-order valence-corrected chi connectivity index (χ0v) is 13.7. The molecule has 4 heteroatoms. The van der Waals surface area contributed by atoms with Gasteiger partial charge in [-0.3, -0.25) is 9.69 Å². The number of nitrogens with zero attached hydrogens (tertiary/aromatic N) is 1. The van der Waals surface area contributed by atoms with Crippen molar-refractivity contribution in [3.63, 3.8) is 0 Å². The van der Waals surface area contributed by atoms with Crippen LogP contribution in [-0.4, -0.2) is 29.9 Å². The Kier molecular flexibility index (Phi) is 7.23. The van der Waals surface area contributed by atoms with Gasteiger partial charge in [0.2, 0.25) is 5.91 Å². The van der Waals surface area contributed by atoms with E-state index in [2.05, 4.69) is 37.9 Å². The summed E-state index contributed by atoms with van der Waals surface area (Å²) in [7, 11) is 0. The molecule has 4 nitrogen and oxygen atoms in total. The van der Waals surface area contributed by atoms with E-state index < -0.39 is 0 Å². The van der Waals surface area contributed by atoms with Gasteiger partial charge < -0.3 is 11.1 Å². The topological polar surface area (TPSA) is 58.4 Å². The van der Waals surface area contributed by atoms with E-state index in [9.17, 15) is 4.79 Å². The van der Waals surface area contributed by atoms with E-state index in [1.807, 2.05) is 24.3 Å². The average molecular weight is 291 g/mol. The summed E-state index contributed by atoms with van der Waals surface area (Å²) in [6.45, 7) is 10.4. The van der Waals surface area contributed by atoms with Crippen LogP contribution in [0.3, 0.4) is 0 Å². The van der Waals surface area contributed by atoms with Crippen molar-refractivity contribution in [2.24, 2.45) is 5.92 Å². The first-order chi connectivity index (χ1) is 9.90. The van der Waals surface area contributed by atoms with Crippen molar-refractivity contribution in [2.75, 3.05) is 18.8 Å². The minimum Gasteiger partial charge on any atom is -0.398 e. The zero-order chi connectivity index (χ0) is 15.8. The van der Waals surface area contributed by atoms with Crippen molar-refractivity contribution in [1.82, 2.24) is 10.2 Å². The SMILES string of the molecule is CC(C)CCNC(=O)CN(Cc1ccccc1N)C(C)C. The van der Waals surface area contributed by atoms with Gasteiger partial charge in [-0.15, -0.1) is 0 Å². The number of hydrogen-bond donors (Lipinski definition) is 2. The van der Waals surface area contributed by atoms with Crippen LogP contribution in [0.5, 0.6) is 0 Å². The van der Waals surface area contributed by atoms with Crippen molar-refractivity contribution >= 4 is 11.6 Å². The lowest BCUT2D eigenvalue weighted by molar-refractivity contribution is -0.122. The summed E-state index contributed by atoms with van der Waals surface area (Å²) in [6, 6.07) is 8.11. The van der Waals surface area contributed by atoms with Gasteiger partial charge >= 0.3 is 0 Å². The molecule has 0 unspecified atom stereocenters. The first kappa shape index (κ1) is 17.5. The molecule has 0 heterocycles. The Bertz CT molecular complexity index is 443. The first-order valence-corrected chi connectivity index (χ1v) is 7.74. The van der Waals surface area contributed by atoms with Crippen molar-refractivity contribution in [3.05, 3.63) is 29.8 Å². The van der Waals surface area contributed by atoms with Gasteiger partial charge in [0.05, 0.1) is 6.54 Å². The van der Waals surface area contributed by atoms with Gasteiger partial charge in [-0.25, -0.2) is 0 Å². The van der Waals surface area contributed by atoms with Gasteiger partial charge in [-0.2, -0.15) is 0 Å². The van der Waals surface area contributed by atoms with Gasteiger partial charge in [0, 0.05) is 24.8 Å². The standard InChI is InChI=1S/C17H29N3O/c1-13(2)9-10-19-17(21)12-20(14(3)4)11-15-7-5-6-8-16(15)18/h5-8,13-14H,9-12,18H2,1-4H3,(H,19,21). The Morgan fingerprint density at radius 2 is 1.90 bits per heavy atom. The summed E-state index contributed by atoms with van der Waals surface area (Å²) in [6.07, 6.45) is 1.01. The third-order valence-corrected chi connectivity index (χ3v) is 3.55. The molecular formula is C17H29N3O. The number of carbonyl (C=O) groups excluding carboxylic acids is 1. The summed E-state index contributed by atoms with van der Waals surface area (Å²) < 4.78 is 0. The quantitative estimate of drug-likeness (QED) is 0.724. The highest BCUT2D eigenvalue weighted by Gasteiger charge is 2.15. The molecule has 3 N–H and O–H groups in total. The number of amides is 1. The fourth-order valence-corrected chi connectivity index (χ4v) is 2.06. The van der Waals surface area contributed by atoms with Crippen LogP contribution in [0.4, 0.5) is 5.69 Å². The Hall–Kier alpha value is -1.55. The molecule has 0 bridgehead atoms. The minimum absolute atomic E-state index is 0.0823. The normalized spacial score (nSPS) is 11.4. The predicted molar refractivity (Wildman–Crippen MR) is 88.9 cm³/mol. The molecule has 0 aliphatic rings. The van der Waals surface area contributed by atoms with Gasteiger partial charge in [0.25, 0.3) is 0 Å². The molecule has 0 spiro atoms. The molecule has 0 radical (unpaired) electrons. The number of nitrogens with two attached hydrogens (primary N) is 1. The molecule has 118 valence electrons. The van der Waals surface area contributed by atoms with E-state index in [1.54, 1.807) is 0 Å². The summed E-state index contributed by atoms with van der Waals surface area (Å²) in [5.74, 6) is 0.689. The second-order valence-corrected chi connectivity index (χ2v) is 6.23. The average Bonchev–Trinajstić information content (AvgIpc) is 2.39. The van der Waals surface area contributed by atoms with Crippen LogP contribution in [0.2, 0.25) is 0 Å². The fraction of sp³-hybridized carbons (Fsp3) is 0.588. The number of nitrogens with one attached hydrogen (secondary N) is 1. The van der Waals surface area contributed by atoms with Crippen molar-refractivity contribution < 1.29 is 4.79 Å². The van der Waals surface area contributed by atoms with Crippen LogP contribution in [-0.2, 0) is 11.3 Å². The van der Waals surface area contributed by atoms with Gasteiger partial charge in [0.15, 0.2) is 0 Å². The molecule has 0 fully saturated rings. The Morgan fingerprint density at radius 3 is 2.48 bits per heavy atom. The largest absolute Gasteiger partial charge is 0.398 e. The Balaban J connectivity index is 2.54. The molecule has 0 aromatic heterocycles. The number of para-hydroxylation sites is 1. The molecule has 0 saturated carbocycles. The van der Waals surface area contributed by atoms with Crippen LogP contribution in [0, 0.1) is 5.92 Å². The Labute approximate surface area is 128 Å². The van der Waals surface area contributed by atoms with Crippen LogP contribution >= 0.6 is 0 Å². The van der Waals surface area contributed by atoms with E-state index in [0.717, 1.165) is 24.2 Å². The van der Waals surface area contributed by atoms with Crippen molar-refractivity contribution in [1.29, 1.82) is 0 Å². The summed E-state index contributed by atoms with van der Waals surface area (Å²) >= 11 is 0. The summed E-state index contributed by atoms with van der Waals surface area (Å²) in [4.78, 5) is 14.2. The van der Waals surface area contributed by atoms with Crippen LogP contribution in [0.1, 0.15) is 39.7 Å². The van der Waals surface area contributed by atoms with Crippen molar-refractivity contribution in [3.8, 4) is 0 Å². The molecule has 21 heavy (non-hydrogen) atoms. The number of benzene rings is 1. The fourth-order valence-electron chi connectivity index (χ4n) is 2.06. The van der Waals surface area contributed by atoms with Crippen LogP contribution in [0.25, 0.3) is 0 Å². The number of anilines is 1. The maximum absolute atomic E-state index is 12.0. The molecule has 1 amide bonds. The lowest BCUT2D eigenvalue weighted by Crippen LogP contribution is -2.40. The van der Waals surface area contributed by atoms with Gasteiger partial charge in [-0.05, 0) is 37.8 Å². The van der Waals surface area contributed by atoms with Gasteiger partial charge in [0.1, 0.15) is 0 Å². The van der Waals surface area contributed by atoms with Gasteiger partial charge in [-0.1, -0.05) is 32.0 Å². The van der Waals surface area contributed by atoms with Crippen molar-refractivity contribution in [2.45, 2.75) is 46.7 Å². The summed E-state index contributed by atoms with van der Waals surface area (Å²) in [5, 5.41) is 2.99. The first-order valence-electron chi connectivity index (χ1n) is 7.74. The summed E-state index contributed by atoms with van der Waals surface area (Å²) in [5.41, 5.74) is 7.84. The second kappa shape index (κ2) is 8.67. The highest BCUT2D eigenvalue weighted by atomic mass is 16.2. The van der Waals surface area contributed by atoms with E-state index in [1.165, 1.54) is 0 Å². The van der Waals surface area contributed by atoms with E-state index in [4.69, 9.17) is 5.73 Å². The number of carbonyl (C=O) groups is 1. The monoisotopic (exact) mass is 291 g/mol. The third kappa shape index (κ3) is 6.63. The molecule has 1 aromatic carbocycles. The highest BCUT2D eigenvalue weighted by Crippen LogP contribution is 2.14. The molecule has 0 saturated heterocycles. The Morgan fingerprint density at radius 1 is 1.24 bits per heavy atom. The maximum Gasteiger partial charge on any atom is 0.234 e. The van der Waals surface area contributed by atoms with E-state index in [0.29, 0.717) is 25.0 Å². The smallest absolute Gasteiger partial charge is 0.234 e.